The zero-order chi connectivity index (χ0) is 33.7. The van der Waals surface area contributed by atoms with Crippen LogP contribution in [0.3, 0.4) is 0 Å². The molecule has 0 aromatic heterocycles. The van der Waals surface area contributed by atoms with E-state index in [2.05, 4.69) is 133 Å². The van der Waals surface area contributed by atoms with Gasteiger partial charge in [0, 0.05) is 59.2 Å². The van der Waals surface area contributed by atoms with Crippen molar-refractivity contribution in [1.29, 1.82) is 0 Å². The van der Waals surface area contributed by atoms with Crippen LogP contribution in [0.5, 0.6) is 0 Å². The second-order valence-corrected chi connectivity index (χ2v) is 13.3. The summed E-state index contributed by atoms with van der Waals surface area (Å²) in [5, 5.41) is 3.07. The molecule has 0 saturated heterocycles. The maximum Gasteiger partial charge on any atom is 0.0894 e. The first-order valence-electron chi connectivity index (χ1n) is 17.5. The molecule has 4 rings (SSSR count). The molecule has 0 nitrogen and oxygen atoms in total. The van der Waals surface area contributed by atoms with Crippen molar-refractivity contribution in [3.63, 3.8) is 0 Å². The van der Waals surface area contributed by atoms with E-state index >= 15 is 0 Å². The Morgan fingerprint density at radius 3 is 1.23 bits per heavy atom. The fourth-order valence-corrected chi connectivity index (χ4v) is 7.60. The molecule has 0 spiro atoms. The van der Waals surface area contributed by atoms with Gasteiger partial charge in [-0.25, -0.2) is 0 Å². The summed E-state index contributed by atoms with van der Waals surface area (Å²) in [7, 11) is 4.44. The molecule has 0 bridgehead atoms. The number of rotatable bonds is 9. The van der Waals surface area contributed by atoms with Crippen molar-refractivity contribution in [2.45, 2.75) is 143 Å². The Bertz CT molecular complexity index is 691. The van der Waals surface area contributed by atoms with Gasteiger partial charge in [-0.3, -0.25) is 4.39 Å². The largest absolute Gasteiger partial charge is 0.343 e. The standard InChI is InChI=1S/C19H22P.C5H10.C4H9F.3C4H9.Fe.H4P2.2Pt/c1-2-16-10-9-15-19(16)20(17-11-5-3-6-12-17)18-13-7-4-8-14-18;1-2-4-5-3-1;1-2-3-4-5;3*1-3-4-2;;1-2;;/h2-8,11-14,16,19H,9-10,15H2,1H3;1-5H2;2-4H2,1H3;3*1,3-4H2,2H3;;1-2H2;;/q-1;;;3*-1;;;;. The van der Waals surface area contributed by atoms with Crippen LogP contribution in [0.1, 0.15) is 137 Å². The summed E-state index contributed by atoms with van der Waals surface area (Å²) in [6, 6.07) is 22.3. The van der Waals surface area contributed by atoms with Gasteiger partial charge in [-0.05, 0) is 37.0 Å². The average molecular weight is 1110 g/mol. The van der Waals surface area contributed by atoms with Crippen molar-refractivity contribution in [3.8, 4) is 0 Å². The zero-order valence-electron chi connectivity index (χ0n) is 30.6. The molecule has 2 saturated carbocycles. The van der Waals surface area contributed by atoms with Crippen molar-refractivity contribution in [2.24, 2.45) is 5.92 Å². The number of unbranched alkanes of at least 4 members (excludes halogenated alkanes) is 4. The minimum absolute atomic E-state index is 0. The van der Waals surface area contributed by atoms with Gasteiger partial charge in [0.1, 0.15) is 0 Å². The summed E-state index contributed by atoms with van der Waals surface area (Å²) in [4.78, 5) is 0. The molecule has 0 aliphatic heterocycles. The maximum atomic E-state index is 11.0. The number of hydrogen-bond acceptors (Lipinski definition) is 0. The van der Waals surface area contributed by atoms with Crippen LogP contribution in [0.25, 0.3) is 0 Å². The first-order chi connectivity index (χ1) is 21.6. The van der Waals surface area contributed by atoms with Crippen LogP contribution in [0, 0.1) is 33.1 Å². The van der Waals surface area contributed by atoms with E-state index in [0.717, 1.165) is 43.7 Å². The van der Waals surface area contributed by atoms with E-state index in [0.29, 0.717) is 0 Å². The molecule has 2 aliphatic carbocycles. The average Bonchev–Trinajstić information content (AvgIpc) is 3.84. The quantitative estimate of drug-likeness (QED) is 0.133. The smallest absolute Gasteiger partial charge is 0.0894 e. The van der Waals surface area contributed by atoms with Crippen molar-refractivity contribution >= 4 is 36.4 Å². The van der Waals surface area contributed by atoms with E-state index in [1.54, 1.807) is 0 Å². The SMILES string of the molecule is C1CCCC1.CCCCF.C[CH-]C1CCCC1P(c1ccccc1)c1ccccc1.PP.[CH2-]CCC.[CH2-]CCC.[CH2-]CCC.[Fe].[Pt].[Pt]. The predicted octanol–water partition coefficient (Wildman–Crippen LogP) is 13.7. The zero-order valence-corrected chi connectivity index (χ0v) is 39.5. The third-order valence-corrected chi connectivity index (χ3v) is 10.2. The van der Waals surface area contributed by atoms with Gasteiger partial charge >= 0.3 is 0 Å². The summed E-state index contributed by atoms with van der Waals surface area (Å²) in [6.07, 6.45) is 22.6. The third-order valence-electron chi connectivity index (χ3n) is 7.16. The fourth-order valence-electron chi connectivity index (χ4n) is 4.41. The molecule has 0 radical (unpaired) electrons. The Morgan fingerprint density at radius 1 is 0.660 bits per heavy atom. The van der Waals surface area contributed by atoms with Gasteiger partial charge in [-0.2, -0.15) is 32.1 Å². The molecule has 0 N–H and O–H groups in total. The van der Waals surface area contributed by atoms with Crippen LogP contribution >= 0.6 is 25.8 Å². The van der Waals surface area contributed by atoms with Crippen molar-refractivity contribution in [2.75, 3.05) is 6.67 Å². The Hall–Kier alpha value is 1.56. The predicted molar refractivity (Wildman–Crippen MR) is 214 cm³/mol. The molecular weight excluding hydrogens is 1040 g/mol. The van der Waals surface area contributed by atoms with Gasteiger partial charge in [-0.15, -0.1) is 17.9 Å². The summed E-state index contributed by atoms with van der Waals surface area (Å²) in [5.41, 5.74) is 0.819. The molecule has 2 aromatic rings. The number of alkyl halides is 1. The van der Waals surface area contributed by atoms with Crippen LogP contribution in [-0.4, -0.2) is 12.3 Å². The van der Waals surface area contributed by atoms with Gasteiger partial charge in [0.2, 0.25) is 0 Å². The molecule has 0 heterocycles. The molecule has 4 unspecified atom stereocenters. The molecule has 2 aromatic carbocycles. The molecule has 286 valence electrons. The summed E-state index contributed by atoms with van der Waals surface area (Å²) in [5.74, 6) is 0.793. The van der Waals surface area contributed by atoms with Crippen LogP contribution in [0.15, 0.2) is 60.7 Å². The van der Waals surface area contributed by atoms with E-state index in [-0.39, 0.29) is 73.8 Å². The number of halogens is 1. The van der Waals surface area contributed by atoms with E-state index in [1.807, 2.05) is 6.92 Å². The summed E-state index contributed by atoms with van der Waals surface area (Å²) in [6.45, 7) is 21.2. The van der Waals surface area contributed by atoms with Crippen molar-refractivity contribution in [1.82, 2.24) is 0 Å². The first-order valence-corrected chi connectivity index (χ1v) is 21.6. The maximum absolute atomic E-state index is 11.0. The van der Waals surface area contributed by atoms with Crippen LogP contribution < -0.4 is 10.6 Å². The Balaban J connectivity index is -0.000000129. The van der Waals surface area contributed by atoms with Gasteiger partial charge in [0.15, 0.2) is 0 Å². The Labute approximate surface area is 340 Å². The van der Waals surface area contributed by atoms with Crippen molar-refractivity contribution in [3.05, 3.63) is 87.9 Å². The minimum atomic E-state index is -0.228. The van der Waals surface area contributed by atoms with E-state index < -0.39 is 0 Å². The van der Waals surface area contributed by atoms with Crippen LogP contribution in [-0.2, 0) is 59.2 Å². The molecule has 2 fully saturated rings. The molecule has 0 amide bonds. The Morgan fingerprint density at radius 2 is 1.00 bits per heavy atom. The molecule has 4 atom stereocenters. The monoisotopic (exact) mass is 1110 g/mol. The van der Waals surface area contributed by atoms with Gasteiger partial charge in [-0.1, -0.05) is 159 Å². The topological polar surface area (TPSA) is 0 Å². The summed E-state index contributed by atoms with van der Waals surface area (Å²) >= 11 is 0. The minimum Gasteiger partial charge on any atom is -0.343 e. The van der Waals surface area contributed by atoms with Gasteiger partial charge < -0.3 is 27.2 Å². The van der Waals surface area contributed by atoms with Crippen molar-refractivity contribution < 1.29 is 63.6 Å². The molecule has 7 heteroatoms. The summed E-state index contributed by atoms with van der Waals surface area (Å²) < 4.78 is 11.0. The second-order valence-electron chi connectivity index (χ2n) is 10.9. The first kappa shape index (κ1) is 60.6. The molecular formula is C40H72FFeP3Pt2-4. The van der Waals surface area contributed by atoms with Crippen LogP contribution in [0.4, 0.5) is 4.39 Å². The normalized spacial score (nSPS) is 15.0. The van der Waals surface area contributed by atoms with E-state index in [1.165, 1.54) is 81.2 Å². The molecule has 47 heavy (non-hydrogen) atoms. The number of benzene rings is 2. The van der Waals surface area contributed by atoms with E-state index in [9.17, 15) is 4.39 Å². The number of hydrogen-bond donors (Lipinski definition) is 0. The second kappa shape index (κ2) is 51.9. The molecule has 2 aliphatic rings. The fraction of sp³-hybridized carbons (Fsp3) is 0.600. The van der Waals surface area contributed by atoms with Gasteiger partial charge in [0.25, 0.3) is 0 Å². The third kappa shape index (κ3) is 37.1. The van der Waals surface area contributed by atoms with E-state index in [4.69, 9.17) is 0 Å². The van der Waals surface area contributed by atoms with Crippen LogP contribution in [0.2, 0.25) is 0 Å². The Kier molecular flexibility index (Phi) is 67.0. The van der Waals surface area contributed by atoms with Gasteiger partial charge in [0.05, 0.1) is 6.67 Å².